The van der Waals surface area contributed by atoms with Gasteiger partial charge in [0.25, 0.3) is 0 Å². The molecule has 1 amide bonds. The van der Waals surface area contributed by atoms with Crippen LogP contribution in [0.5, 0.6) is 0 Å². The number of carbonyl (C=O) groups excluding carboxylic acids is 1. The third-order valence-electron chi connectivity index (χ3n) is 7.38. The molecule has 10 heteroatoms. The van der Waals surface area contributed by atoms with Crippen LogP contribution in [0.25, 0.3) is 22.4 Å². The van der Waals surface area contributed by atoms with Crippen molar-refractivity contribution in [2.24, 2.45) is 0 Å². The van der Waals surface area contributed by atoms with Crippen LogP contribution in [0.15, 0.2) is 66.7 Å². The molecule has 5 aromatic rings. The number of aryl methyl sites for hydroxylation is 1. The van der Waals surface area contributed by atoms with E-state index in [-0.39, 0.29) is 29.9 Å². The first-order valence-electron chi connectivity index (χ1n) is 12.6. The van der Waals surface area contributed by atoms with E-state index < -0.39 is 5.41 Å². The van der Waals surface area contributed by atoms with Crippen LogP contribution in [-0.2, 0) is 23.2 Å². The van der Waals surface area contributed by atoms with Crippen molar-refractivity contribution in [3.63, 3.8) is 0 Å². The van der Waals surface area contributed by atoms with Crippen molar-refractivity contribution in [1.29, 1.82) is 5.26 Å². The number of fused-ring (bicyclic) bond motifs is 2. The molecule has 0 saturated heterocycles. The van der Waals surface area contributed by atoms with Crippen LogP contribution >= 0.6 is 11.6 Å². The van der Waals surface area contributed by atoms with Crippen LogP contribution in [0.1, 0.15) is 35.6 Å². The van der Waals surface area contributed by atoms with Gasteiger partial charge in [-0.05, 0) is 48.7 Å². The maximum Gasteiger partial charge on any atom is 0.240 e. The van der Waals surface area contributed by atoms with Crippen molar-refractivity contribution in [2.45, 2.75) is 31.7 Å². The fourth-order valence-corrected chi connectivity index (χ4v) is 5.38. The second-order valence-corrected chi connectivity index (χ2v) is 10.3. The number of nitrogen functional groups attached to an aromatic ring is 1. The molecule has 8 nitrogen and oxygen atoms in total. The standard InChI is InChI=1S/C30H23ClFN7O/c1-30(19-10-8-17(9-11-19)5-4-14-33)24-26(34)35-28(36-27(24)37-29(30)40)25-21-13-12-20(31)15-23(21)39(38-25)16-18-6-2-3-7-22(18)32/h2-3,6-13,15H,4-5,16H2,1H3,(H3,34,35,36,37,40)/t30-/m0/s1. The van der Waals surface area contributed by atoms with Crippen molar-refractivity contribution < 1.29 is 9.18 Å². The first kappa shape index (κ1) is 25.5. The molecule has 0 fully saturated rings. The number of benzene rings is 3. The normalized spacial score (nSPS) is 16.1. The minimum Gasteiger partial charge on any atom is -0.383 e. The van der Waals surface area contributed by atoms with E-state index in [1.165, 1.54) is 6.07 Å². The molecule has 198 valence electrons. The lowest BCUT2D eigenvalue weighted by Crippen LogP contribution is -2.33. The number of carbonyl (C=O) groups is 1. The van der Waals surface area contributed by atoms with Gasteiger partial charge in [0.1, 0.15) is 28.6 Å². The fourth-order valence-electron chi connectivity index (χ4n) is 5.21. The molecule has 1 aliphatic rings. The summed E-state index contributed by atoms with van der Waals surface area (Å²) in [6.45, 7) is 1.96. The topological polar surface area (TPSA) is 123 Å². The molecular formula is C30H23ClFN7O. The Bertz CT molecular complexity index is 1840. The van der Waals surface area contributed by atoms with Crippen molar-refractivity contribution in [2.75, 3.05) is 11.1 Å². The zero-order valence-corrected chi connectivity index (χ0v) is 22.2. The predicted octanol–water partition coefficient (Wildman–Crippen LogP) is 5.63. The largest absolute Gasteiger partial charge is 0.383 e. The highest BCUT2D eigenvalue weighted by Gasteiger charge is 2.47. The number of aromatic nitrogens is 4. The summed E-state index contributed by atoms with van der Waals surface area (Å²) in [5, 5.41) is 17.7. The van der Waals surface area contributed by atoms with Gasteiger partial charge >= 0.3 is 0 Å². The quantitative estimate of drug-likeness (QED) is 0.282. The highest BCUT2D eigenvalue weighted by atomic mass is 35.5. The molecule has 2 aromatic heterocycles. The average molecular weight is 552 g/mol. The van der Waals surface area contributed by atoms with Gasteiger partial charge in [-0.15, -0.1) is 0 Å². The number of anilines is 2. The Balaban J connectivity index is 1.44. The number of nitrogens with two attached hydrogens (primary N) is 1. The Kier molecular flexibility index (Phi) is 6.20. The molecule has 40 heavy (non-hydrogen) atoms. The highest BCUT2D eigenvalue weighted by molar-refractivity contribution is 6.31. The summed E-state index contributed by atoms with van der Waals surface area (Å²) in [7, 11) is 0. The van der Waals surface area contributed by atoms with Gasteiger partial charge in [-0.1, -0.05) is 54.1 Å². The minimum atomic E-state index is -1.11. The molecule has 0 bridgehead atoms. The molecular weight excluding hydrogens is 529 g/mol. The first-order valence-corrected chi connectivity index (χ1v) is 13.0. The SMILES string of the molecule is C[C@@]1(c2ccc(CCC#N)cc2)C(=O)Nc2nc(-c3nn(Cc4ccccc4F)c4cc(Cl)ccc34)nc(N)c21. The lowest BCUT2D eigenvalue weighted by molar-refractivity contribution is -0.119. The summed E-state index contributed by atoms with van der Waals surface area (Å²) in [6.07, 6.45) is 1.05. The van der Waals surface area contributed by atoms with Crippen LogP contribution in [-0.4, -0.2) is 25.7 Å². The molecule has 0 radical (unpaired) electrons. The number of rotatable bonds is 6. The van der Waals surface area contributed by atoms with Crippen LogP contribution in [0.2, 0.25) is 5.02 Å². The van der Waals surface area contributed by atoms with Crippen LogP contribution in [0.4, 0.5) is 16.0 Å². The number of nitrogens with zero attached hydrogens (tertiary/aromatic N) is 5. The van der Waals surface area contributed by atoms with E-state index in [0.717, 1.165) is 11.1 Å². The van der Waals surface area contributed by atoms with Gasteiger partial charge in [-0.2, -0.15) is 10.4 Å². The van der Waals surface area contributed by atoms with Crippen molar-refractivity contribution >= 4 is 40.0 Å². The van der Waals surface area contributed by atoms with Gasteiger partial charge in [0, 0.05) is 22.4 Å². The van der Waals surface area contributed by atoms with Gasteiger partial charge in [0.2, 0.25) is 5.91 Å². The maximum atomic E-state index is 14.5. The smallest absolute Gasteiger partial charge is 0.240 e. The van der Waals surface area contributed by atoms with Gasteiger partial charge in [-0.3, -0.25) is 9.48 Å². The summed E-state index contributed by atoms with van der Waals surface area (Å²) in [6, 6.07) is 21.5. The van der Waals surface area contributed by atoms with Gasteiger partial charge in [0.05, 0.1) is 23.7 Å². The molecule has 0 unspecified atom stereocenters. The summed E-state index contributed by atoms with van der Waals surface area (Å²) in [4.78, 5) is 22.6. The summed E-state index contributed by atoms with van der Waals surface area (Å²) in [5.74, 6) is 0.0850. The number of halogens is 2. The van der Waals surface area contributed by atoms with Crippen molar-refractivity contribution in [3.8, 4) is 17.6 Å². The molecule has 3 aromatic carbocycles. The van der Waals surface area contributed by atoms with Crippen LogP contribution in [0, 0.1) is 17.1 Å². The predicted molar refractivity (Wildman–Crippen MR) is 151 cm³/mol. The zero-order chi connectivity index (χ0) is 28.0. The Labute approximate surface area is 234 Å². The third-order valence-corrected chi connectivity index (χ3v) is 7.62. The number of nitriles is 1. The van der Waals surface area contributed by atoms with Gasteiger partial charge in [0.15, 0.2) is 5.82 Å². The molecule has 0 spiro atoms. The Morgan fingerprint density at radius 2 is 1.90 bits per heavy atom. The Morgan fingerprint density at radius 1 is 1.12 bits per heavy atom. The lowest BCUT2D eigenvalue weighted by atomic mass is 9.77. The number of amides is 1. The molecule has 0 saturated carbocycles. The monoisotopic (exact) mass is 551 g/mol. The van der Waals surface area contributed by atoms with Gasteiger partial charge in [-0.25, -0.2) is 14.4 Å². The van der Waals surface area contributed by atoms with E-state index in [1.807, 2.05) is 24.3 Å². The highest BCUT2D eigenvalue weighted by Crippen LogP contribution is 2.45. The maximum absolute atomic E-state index is 14.5. The van der Waals surface area contributed by atoms with E-state index in [4.69, 9.17) is 27.7 Å². The second-order valence-electron chi connectivity index (χ2n) is 9.85. The number of hydrogen-bond acceptors (Lipinski definition) is 6. The lowest BCUT2D eigenvalue weighted by Gasteiger charge is -2.23. The molecule has 0 aliphatic carbocycles. The summed E-state index contributed by atoms with van der Waals surface area (Å²) < 4.78 is 16.1. The van der Waals surface area contributed by atoms with E-state index in [1.54, 1.807) is 48.0 Å². The average Bonchev–Trinajstić information content (AvgIpc) is 3.43. The Morgan fingerprint density at radius 3 is 2.65 bits per heavy atom. The minimum absolute atomic E-state index is 0.153. The molecule has 6 rings (SSSR count). The van der Waals surface area contributed by atoms with E-state index in [9.17, 15) is 9.18 Å². The van der Waals surface area contributed by atoms with E-state index in [0.29, 0.717) is 51.4 Å². The number of hydrogen-bond donors (Lipinski definition) is 2. The Hall–Kier alpha value is -4.81. The van der Waals surface area contributed by atoms with Gasteiger partial charge < -0.3 is 11.1 Å². The van der Waals surface area contributed by atoms with Crippen LogP contribution < -0.4 is 11.1 Å². The number of nitrogens with one attached hydrogen (secondary N) is 1. The third kappa shape index (κ3) is 4.14. The van der Waals surface area contributed by atoms with E-state index in [2.05, 4.69) is 21.4 Å². The van der Waals surface area contributed by atoms with Crippen molar-refractivity contribution in [3.05, 3.63) is 99.8 Å². The molecule has 3 N–H and O–H groups in total. The molecule has 1 atom stereocenters. The molecule has 3 heterocycles. The first-order chi connectivity index (χ1) is 19.3. The second kappa shape index (κ2) is 9.74. The van der Waals surface area contributed by atoms with E-state index >= 15 is 0 Å². The zero-order valence-electron chi connectivity index (χ0n) is 21.4. The van der Waals surface area contributed by atoms with Crippen LogP contribution in [0.3, 0.4) is 0 Å². The summed E-state index contributed by atoms with van der Waals surface area (Å²) in [5.41, 5.74) is 9.22. The molecule has 1 aliphatic heterocycles. The summed E-state index contributed by atoms with van der Waals surface area (Å²) >= 11 is 6.29. The van der Waals surface area contributed by atoms with Crippen molar-refractivity contribution in [1.82, 2.24) is 19.7 Å². The fraction of sp³-hybridized carbons (Fsp3) is 0.167.